The summed E-state index contributed by atoms with van der Waals surface area (Å²) in [7, 11) is 1.93. The third-order valence-electron chi connectivity index (χ3n) is 6.41. The topological polar surface area (TPSA) is 97.9 Å². The highest BCUT2D eigenvalue weighted by molar-refractivity contribution is 5.91. The highest BCUT2D eigenvalue weighted by Gasteiger charge is 2.29. The second-order valence-corrected chi connectivity index (χ2v) is 8.65. The number of likely N-dealkylation sites (tertiary alicyclic amines) is 1. The zero-order valence-electron chi connectivity index (χ0n) is 19.5. The van der Waals surface area contributed by atoms with E-state index in [-0.39, 0.29) is 23.6 Å². The van der Waals surface area contributed by atoms with E-state index in [0.29, 0.717) is 25.9 Å². The van der Waals surface area contributed by atoms with E-state index >= 15 is 0 Å². The monoisotopic (exact) mass is 449 g/mol. The van der Waals surface area contributed by atoms with Gasteiger partial charge in [0.15, 0.2) is 5.69 Å². The van der Waals surface area contributed by atoms with Gasteiger partial charge in [0.25, 0.3) is 5.91 Å². The van der Waals surface area contributed by atoms with Gasteiger partial charge >= 0.3 is 0 Å². The third-order valence-corrected chi connectivity index (χ3v) is 6.41. The van der Waals surface area contributed by atoms with E-state index in [2.05, 4.69) is 20.7 Å². The zero-order valence-corrected chi connectivity index (χ0v) is 19.5. The van der Waals surface area contributed by atoms with Gasteiger partial charge in [-0.2, -0.15) is 5.10 Å². The molecule has 1 fully saturated rings. The predicted molar refractivity (Wildman–Crippen MR) is 123 cm³/mol. The smallest absolute Gasteiger partial charge is 0.273 e. The maximum absolute atomic E-state index is 13.0. The molecule has 3 aromatic rings. The van der Waals surface area contributed by atoms with Crippen molar-refractivity contribution in [1.82, 2.24) is 35.0 Å². The van der Waals surface area contributed by atoms with Crippen LogP contribution in [0.15, 0.2) is 36.5 Å². The van der Waals surface area contributed by atoms with E-state index in [1.165, 1.54) is 0 Å². The number of hydrogen-bond acceptors (Lipinski definition) is 5. The minimum absolute atomic E-state index is 0.0653. The molecule has 1 unspecified atom stereocenters. The Bertz CT molecular complexity index is 1120. The molecule has 0 aliphatic carbocycles. The Morgan fingerprint density at radius 2 is 1.97 bits per heavy atom. The second kappa shape index (κ2) is 9.97. The number of carbonyl (C=O) groups excluding carboxylic acids is 2. The molecular weight excluding hydrogens is 418 g/mol. The molecule has 1 aromatic carbocycles. The summed E-state index contributed by atoms with van der Waals surface area (Å²) in [6.45, 7) is 5.76. The van der Waals surface area contributed by atoms with E-state index in [1.54, 1.807) is 10.9 Å². The molecule has 4 rings (SSSR count). The van der Waals surface area contributed by atoms with Crippen molar-refractivity contribution in [2.24, 2.45) is 7.05 Å². The first kappa shape index (κ1) is 22.7. The number of carbonyl (C=O) groups is 2. The van der Waals surface area contributed by atoms with Gasteiger partial charge in [0.05, 0.1) is 24.5 Å². The number of hydrogen-bond donors (Lipinski definition) is 1. The van der Waals surface area contributed by atoms with Crippen LogP contribution in [0.4, 0.5) is 0 Å². The van der Waals surface area contributed by atoms with Crippen molar-refractivity contribution in [3.05, 3.63) is 64.7 Å². The van der Waals surface area contributed by atoms with Gasteiger partial charge in [-0.15, -0.1) is 5.10 Å². The van der Waals surface area contributed by atoms with Gasteiger partial charge in [0, 0.05) is 32.3 Å². The first-order valence-electron chi connectivity index (χ1n) is 11.4. The Morgan fingerprint density at radius 3 is 2.70 bits per heavy atom. The Hall–Kier alpha value is -3.49. The van der Waals surface area contributed by atoms with E-state index in [9.17, 15) is 9.59 Å². The van der Waals surface area contributed by atoms with Crippen molar-refractivity contribution in [3.63, 3.8) is 0 Å². The van der Waals surface area contributed by atoms with Gasteiger partial charge in [-0.25, -0.2) is 4.68 Å². The van der Waals surface area contributed by atoms with Gasteiger partial charge in [0.1, 0.15) is 0 Å². The number of aryl methyl sites for hydroxylation is 2. The summed E-state index contributed by atoms with van der Waals surface area (Å²) >= 11 is 0. The molecule has 2 amide bonds. The molecule has 174 valence electrons. The first-order chi connectivity index (χ1) is 15.9. The van der Waals surface area contributed by atoms with Crippen LogP contribution in [0.5, 0.6) is 0 Å². The van der Waals surface area contributed by atoms with Crippen LogP contribution in [-0.2, 0) is 31.4 Å². The molecule has 0 radical (unpaired) electrons. The summed E-state index contributed by atoms with van der Waals surface area (Å²) in [4.78, 5) is 27.3. The summed E-state index contributed by atoms with van der Waals surface area (Å²) in [6.07, 6.45) is 4.72. The lowest BCUT2D eigenvalue weighted by atomic mass is 10.1. The van der Waals surface area contributed by atoms with Crippen LogP contribution in [0.1, 0.15) is 52.3 Å². The third kappa shape index (κ3) is 5.30. The molecule has 1 aliphatic rings. The average Bonchev–Trinajstić information content (AvgIpc) is 3.53. The van der Waals surface area contributed by atoms with Crippen LogP contribution >= 0.6 is 0 Å². The lowest BCUT2D eigenvalue weighted by molar-refractivity contribution is -0.132. The molecule has 0 bridgehead atoms. The van der Waals surface area contributed by atoms with Gasteiger partial charge in [-0.1, -0.05) is 35.5 Å². The SMILES string of the molecule is Cc1nn(C)c(C)c1CCC(=O)N1CCCC1Cn1cc(C(=O)NCc2ccccc2)nn1. The Kier molecular flexibility index (Phi) is 6.86. The summed E-state index contributed by atoms with van der Waals surface area (Å²) in [5.41, 5.74) is 4.56. The van der Waals surface area contributed by atoms with Crippen LogP contribution in [-0.4, -0.2) is 54.1 Å². The van der Waals surface area contributed by atoms with Crippen LogP contribution in [0.2, 0.25) is 0 Å². The molecule has 1 N–H and O–H groups in total. The highest BCUT2D eigenvalue weighted by atomic mass is 16.2. The summed E-state index contributed by atoms with van der Waals surface area (Å²) in [5.74, 6) is -0.104. The Balaban J connectivity index is 1.31. The number of amides is 2. The Morgan fingerprint density at radius 1 is 1.18 bits per heavy atom. The van der Waals surface area contributed by atoms with Crippen molar-refractivity contribution in [2.45, 2.75) is 58.7 Å². The average molecular weight is 450 g/mol. The number of rotatable bonds is 8. The standard InChI is InChI=1S/C24H31N7O2/c1-17-21(18(2)29(3)27-17)11-12-23(32)31-13-7-10-20(31)15-30-16-22(26-28-30)24(33)25-14-19-8-5-4-6-9-19/h4-6,8-9,16,20H,7,10-15H2,1-3H3,(H,25,33). The molecule has 9 heteroatoms. The van der Waals surface area contributed by atoms with E-state index in [1.807, 2.05) is 60.8 Å². The fourth-order valence-corrected chi connectivity index (χ4v) is 4.49. The zero-order chi connectivity index (χ0) is 23.4. The van der Waals surface area contributed by atoms with E-state index in [4.69, 9.17) is 0 Å². The van der Waals surface area contributed by atoms with E-state index in [0.717, 1.165) is 41.9 Å². The van der Waals surface area contributed by atoms with Gasteiger partial charge in [0.2, 0.25) is 5.91 Å². The number of nitrogens with one attached hydrogen (secondary N) is 1. The predicted octanol–water partition coefficient (Wildman–Crippen LogP) is 2.18. The van der Waals surface area contributed by atoms with Gasteiger partial charge in [-0.05, 0) is 44.2 Å². The fraction of sp³-hybridized carbons (Fsp3) is 0.458. The fourth-order valence-electron chi connectivity index (χ4n) is 4.49. The highest BCUT2D eigenvalue weighted by Crippen LogP contribution is 2.21. The summed E-state index contributed by atoms with van der Waals surface area (Å²) in [5, 5.41) is 15.5. The quantitative estimate of drug-likeness (QED) is 0.568. The number of nitrogens with zero attached hydrogens (tertiary/aromatic N) is 6. The van der Waals surface area contributed by atoms with Crippen molar-refractivity contribution in [2.75, 3.05) is 6.54 Å². The molecule has 1 atom stereocenters. The molecule has 2 aromatic heterocycles. The molecular formula is C24H31N7O2. The molecule has 3 heterocycles. The van der Waals surface area contributed by atoms with Crippen molar-refractivity contribution in [3.8, 4) is 0 Å². The van der Waals surface area contributed by atoms with Gasteiger partial charge < -0.3 is 10.2 Å². The summed E-state index contributed by atoms with van der Waals surface area (Å²) in [6, 6.07) is 9.79. The van der Waals surface area contributed by atoms with Crippen molar-refractivity contribution in [1.29, 1.82) is 0 Å². The molecule has 1 aliphatic heterocycles. The van der Waals surface area contributed by atoms with Crippen LogP contribution in [0.3, 0.4) is 0 Å². The van der Waals surface area contributed by atoms with Crippen LogP contribution in [0.25, 0.3) is 0 Å². The minimum Gasteiger partial charge on any atom is -0.347 e. The second-order valence-electron chi connectivity index (χ2n) is 8.65. The number of aromatic nitrogens is 5. The maximum atomic E-state index is 13.0. The minimum atomic E-state index is -0.258. The molecule has 1 saturated heterocycles. The molecule has 0 spiro atoms. The number of benzene rings is 1. The normalized spacial score (nSPS) is 15.7. The lowest BCUT2D eigenvalue weighted by Gasteiger charge is -2.24. The van der Waals surface area contributed by atoms with Crippen molar-refractivity contribution >= 4 is 11.8 Å². The van der Waals surface area contributed by atoms with Gasteiger partial charge in [-0.3, -0.25) is 14.3 Å². The molecule has 0 saturated carbocycles. The first-order valence-corrected chi connectivity index (χ1v) is 11.4. The van der Waals surface area contributed by atoms with Crippen LogP contribution in [0, 0.1) is 13.8 Å². The maximum Gasteiger partial charge on any atom is 0.273 e. The molecule has 33 heavy (non-hydrogen) atoms. The van der Waals surface area contributed by atoms with E-state index < -0.39 is 0 Å². The molecule has 9 nitrogen and oxygen atoms in total. The Labute approximate surface area is 193 Å². The lowest BCUT2D eigenvalue weighted by Crippen LogP contribution is -2.38. The van der Waals surface area contributed by atoms with Crippen molar-refractivity contribution < 1.29 is 9.59 Å². The van der Waals surface area contributed by atoms with Crippen LogP contribution < -0.4 is 5.32 Å². The summed E-state index contributed by atoms with van der Waals surface area (Å²) < 4.78 is 3.54. The largest absolute Gasteiger partial charge is 0.347 e.